The fourth-order valence-electron chi connectivity index (χ4n) is 2.11. The molecule has 0 aliphatic rings. The van der Waals surface area contributed by atoms with Gasteiger partial charge in [-0.15, -0.1) is 0 Å². The van der Waals surface area contributed by atoms with Gasteiger partial charge in [-0.2, -0.15) is 0 Å². The summed E-state index contributed by atoms with van der Waals surface area (Å²) in [4.78, 5) is 35.1. The molecule has 0 atom stereocenters. The van der Waals surface area contributed by atoms with Gasteiger partial charge in [-0.05, 0) is 18.2 Å². The van der Waals surface area contributed by atoms with Crippen LogP contribution in [0.1, 0.15) is 27.1 Å². The Bertz CT molecular complexity index is 825. The number of methoxy groups -OCH3 is 1. The third kappa shape index (κ3) is 4.85. The van der Waals surface area contributed by atoms with Crippen LogP contribution in [-0.4, -0.2) is 31.4 Å². The summed E-state index contributed by atoms with van der Waals surface area (Å²) in [6.45, 7) is 0.0201. The Labute approximate surface area is 148 Å². The van der Waals surface area contributed by atoms with Crippen molar-refractivity contribution in [3.05, 3.63) is 65.2 Å². The highest BCUT2D eigenvalue weighted by Gasteiger charge is 2.18. The maximum Gasteiger partial charge on any atom is 0.340 e. The molecule has 0 bridgehead atoms. The molecule has 2 aromatic rings. The van der Waals surface area contributed by atoms with Crippen LogP contribution in [0.2, 0.25) is 0 Å². The quantitative estimate of drug-likeness (QED) is 0.774. The summed E-state index contributed by atoms with van der Waals surface area (Å²) in [6, 6.07) is 9.77. The van der Waals surface area contributed by atoms with Crippen molar-refractivity contribution in [3.8, 4) is 0 Å². The summed E-state index contributed by atoms with van der Waals surface area (Å²) in [5.41, 5.74) is -0.409. The molecule has 0 radical (unpaired) electrons. The smallest absolute Gasteiger partial charge is 0.340 e. The molecular formula is C18H16F2N2O4. The minimum atomic E-state index is -1.09. The van der Waals surface area contributed by atoms with Gasteiger partial charge in [0.05, 0.1) is 18.4 Å². The van der Waals surface area contributed by atoms with Gasteiger partial charge >= 0.3 is 5.97 Å². The molecule has 8 heteroatoms. The molecule has 0 saturated heterocycles. The summed E-state index contributed by atoms with van der Waals surface area (Å²) >= 11 is 0. The lowest BCUT2D eigenvalue weighted by molar-refractivity contribution is -0.116. The summed E-state index contributed by atoms with van der Waals surface area (Å²) in [6.07, 6.45) is -0.136. The van der Waals surface area contributed by atoms with Gasteiger partial charge in [0.25, 0.3) is 5.91 Å². The number of carbonyl (C=O) groups is 3. The van der Waals surface area contributed by atoms with Crippen molar-refractivity contribution >= 4 is 23.5 Å². The first-order valence-corrected chi connectivity index (χ1v) is 7.63. The van der Waals surface area contributed by atoms with Gasteiger partial charge < -0.3 is 15.4 Å². The number of ether oxygens (including phenoxy) is 1. The first-order valence-electron chi connectivity index (χ1n) is 7.63. The molecule has 0 spiro atoms. The average molecular weight is 362 g/mol. The lowest BCUT2D eigenvalue weighted by Crippen LogP contribution is -2.27. The van der Waals surface area contributed by atoms with E-state index in [1.807, 2.05) is 0 Å². The molecule has 2 amide bonds. The van der Waals surface area contributed by atoms with Crippen molar-refractivity contribution in [2.24, 2.45) is 0 Å². The molecule has 0 aliphatic carbocycles. The third-order valence-electron chi connectivity index (χ3n) is 3.41. The zero-order chi connectivity index (χ0) is 19.1. The monoisotopic (exact) mass is 362 g/mol. The number of rotatable bonds is 6. The van der Waals surface area contributed by atoms with Crippen molar-refractivity contribution < 1.29 is 27.9 Å². The normalized spacial score (nSPS) is 10.1. The van der Waals surface area contributed by atoms with Crippen LogP contribution < -0.4 is 10.6 Å². The molecule has 2 aromatic carbocycles. The lowest BCUT2D eigenvalue weighted by atomic mass is 10.1. The van der Waals surface area contributed by atoms with Crippen LogP contribution >= 0.6 is 0 Å². The molecular weight excluding hydrogens is 346 g/mol. The molecule has 0 aliphatic heterocycles. The molecule has 0 aromatic heterocycles. The Kier molecular flexibility index (Phi) is 6.37. The summed E-state index contributed by atoms with van der Waals surface area (Å²) < 4.78 is 31.7. The van der Waals surface area contributed by atoms with Crippen molar-refractivity contribution in [2.75, 3.05) is 19.0 Å². The van der Waals surface area contributed by atoms with Gasteiger partial charge in [0.1, 0.15) is 11.6 Å². The second-order valence-corrected chi connectivity index (χ2v) is 5.22. The lowest BCUT2D eigenvalue weighted by Gasteiger charge is -2.10. The first-order chi connectivity index (χ1) is 12.4. The number of nitrogens with one attached hydrogen (secondary N) is 2. The molecule has 2 N–H and O–H groups in total. The Morgan fingerprint density at radius 2 is 1.73 bits per heavy atom. The number of hydrogen-bond acceptors (Lipinski definition) is 4. The van der Waals surface area contributed by atoms with E-state index >= 15 is 0 Å². The van der Waals surface area contributed by atoms with Crippen LogP contribution in [0.5, 0.6) is 0 Å². The zero-order valence-electron chi connectivity index (χ0n) is 13.8. The second kappa shape index (κ2) is 8.70. The molecule has 26 heavy (non-hydrogen) atoms. The van der Waals surface area contributed by atoms with Crippen molar-refractivity contribution in [2.45, 2.75) is 6.42 Å². The fourth-order valence-corrected chi connectivity index (χ4v) is 2.11. The van der Waals surface area contributed by atoms with E-state index in [1.165, 1.54) is 0 Å². The second-order valence-electron chi connectivity index (χ2n) is 5.22. The standard InChI is InChI=1S/C18H16F2N2O4/c1-26-18(25)12-9-15(14(20)10-13(12)19)22-16(23)7-8-21-17(24)11-5-3-2-4-6-11/h2-6,9-10H,7-8H2,1H3,(H,21,24)(H,22,23). The van der Waals surface area contributed by atoms with Gasteiger partial charge in [-0.1, -0.05) is 18.2 Å². The van der Waals surface area contributed by atoms with E-state index in [-0.39, 0.29) is 24.6 Å². The molecule has 6 nitrogen and oxygen atoms in total. The van der Waals surface area contributed by atoms with Crippen molar-refractivity contribution in [1.29, 1.82) is 0 Å². The van der Waals surface area contributed by atoms with Crippen LogP contribution in [0.4, 0.5) is 14.5 Å². The minimum Gasteiger partial charge on any atom is -0.465 e. The minimum absolute atomic E-state index is 0.0201. The Balaban J connectivity index is 1.93. The summed E-state index contributed by atoms with van der Waals surface area (Å²) in [5, 5.41) is 4.78. The number of amides is 2. The van der Waals surface area contributed by atoms with Crippen molar-refractivity contribution in [1.82, 2.24) is 5.32 Å². The largest absolute Gasteiger partial charge is 0.465 e. The first kappa shape index (κ1) is 19.0. The summed E-state index contributed by atoms with van der Waals surface area (Å²) in [7, 11) is 1.05. The van der Waals surface area contributed by atoms with E-state index in [0.717, 1.165) is 13.2 Å². The van der Waals surface area contributed by atoms with E-state index < -0.39 is 29.1 Å². The number of benzene rings is 2. The Morgan fingerprint density at radius 1 is 1.04 bits per heavy atom. The van der Waals surface area contributed by atoms with Crippen LogP contribution in [0.25, 0.3) is 0 Å². The number of hydrogen-bond donors (Lipinski definition) is 2. The molecule has 0 fully saturated rings. The maximum absolute atomic E-state index is 13.8. The third-order valence-corrected chi connectivity index (χ3v) is 3.41. The number of anilines is 1. The number of halogens is 2. The highest BCUT2D eigenvalue weighted by Crippen LogP contribution is 2.20. The number of carbonyl (C=O) groups excluding carboxylic acids is 3. The van der Waals surface area contributed by atoms with Crippen LogP contribution in [0.3, 0.4) is 0 Å². The van der Waals surface area contributed by atoms with E-state index in [2.05, 4.69) is 15.4 Å². The van der Waals surface area contributed by atoms with Crippen LogP contribution in [0.15, 0.2) is 42.5 Å². The predicted octanol–water partition coefficient (Wildman–Crippen LogP) is 2.51. The Morgan fingerprint density at radius 3 is 2.38 bits per heavy atom. The Hall–Kier alpha value is -3.29. The van der Waals surface area contributed by atoms with E-state index in [1.54, 1.807) is 30.3 Å². The van der Waals surface area contributed by atoms with E-state index in [9.17, 15) is 23.2 Å². The summed E-state index contributed by atoms with van der Waals surface area (Å²) in [5.74, 6) is -4.08. The van der Waals surface area contributed by atoms with E-state index in [0.29, 0.717) is 11.6 Å². The maximum atomic E-state index is 13.8. The van der Waals surface area contributed by atoms with Gasteiger partial charge in [-0.25, -0.2) is 13.6 Å². The topological polar surface area (TPSA) is 84.5 Å². The predicted molar refractivity (Wildman–Crippen MR) is 89.7 cm³/mol. The fraction of sp³-hybridized carbons (Fsp3) is 0.167. The molecule has 2 rings (SSSR count). The SMILES string of the molecule is COC(=O)c1cc(NC(=O)CCNC(=O)c2ccccc2)c(F)cc1F. The van der Waals surface area contributed by atoms with Crippen LogP contribution in [0, 0.1) is 11.6 Å². The van der Waals surface area contributed by atoms with Gasteiger partial charge in [0, 0.05) is 24.6 Å². The molecule has 0 heterocycles. The molecule has 0 unspecified atom stereocenters. The van der Waals surface area contributed by atoms with Gasteiger partial charge in [0.2, 0.25) is 5.91 Å². The van der Waals surface area contributed by atoms with Crippen LogP contribution in [-0.2, 0) is 9.53 Å². The molecule has 0 saturated carbocycles. The van der Waals surface area contributed by atoms with Gasteiger partial charge in [-0.3, -0.25) is 9.59 Å². The average Bonchev–Trinajstić information content (AvgIpc) is 2.64. The molecule has 136 valence electrons. The highest BCUT2D eigenvalue weighted by molar-refractivity contribution is 5.96. The van der Waals surface area contributed by atoms with Gasteiger partial charge in [0.15, 0.2) is 0 Å². The highest BCUT2D eigenvalue weighted by atomic mass is 19.1. The van der Waals surface area contributed by atoms with Crippen molar-refractivity contribution in [3.63, 3.8) is 0 Å². The zero-order valence-corrected chi connectivity index (χ0v) is 13.8. The van der Waals surface area contributed by atoms with E-state index in [4.69, 9.17) is 0 Å². The number of esters is 1.